The highest BCUT2D eigenvalue weighted by Crippen LogP contribution is 2.11. The van der Waals surface area contributed by atoms with Crippen LogP contribution in [-0.4, -0.2) is 29.8 Å². The van der Waals surface area contributed by atoms with Crippen molar-refractivity contribution in [2.45, 2.75) is 19.4 Å². The van der Waals surface area contributed by atoms with Gasteiger partial charge in [-0.15, -0.1) is 11.6 Å². The smallest absolute Gasteiger partial charge is 0.232 e. The molecule has 2 rings (SSSR count). The monoisotopic (exact) mass is 327 g/mol. The van der Waals surface area contributed by atoms with Gasteiger partial charge in [-0.2, -0.15) is 5.10 Å². The largest absolute Gasteiger partial charge is 0.280 e. The molecule has 2 aromatic rings. The van der Waals surface area contributed by atoms with Crippen molar-refractivity contribution in [3.05, 3.63) is 48.3 Å². The van der Waals surface area contributed by atoms with Gasteiger partial charge in [-0.3, -0.25) is 9.40 Å². The van der Waals surface area contributed by atoms with Gasteiger partial charge in [0, 0.05) is 12.1 Å². The summed E-state index contributed by atoms with van der Waals surface area (Å²) in [6.45, 7) is 0.606. The lowest BCUT2D eigenvalue weighted by atomic mass is 10.2. The second kappa shape index (κ2) is 7.47. The number of anilines is 1. The molecule has 1 heterocycles. The van der Waals surface area contributed by atoms with Crippen LogP contribution in [-0.2, 0) is 16.6 Å². The molecule has 0 radical (unpaired) electrons. The Labute approximate surface area is 130 Å². The van der Waals surface area contributed by atoms with E-state index in [1.54, 1.807) is 10.9 Å². The summed E-state index contributed by atoms with van der Waals surface area (Å²) >= 11 is 5.54. The van der Waals surface area contributed by atoms with Gasteiger partial charge in [0.15, 0.2) is 0 Å². The van der Waals surface area contributed by atoms with E-state index in [9.17, 15) is 8.42 Å². The van der Waals surface area contributed by atoms with Gasteiger partial charge in [-0.05, 0) is 18.4 Å². The van der Waals surface area contributed by atoms with E-state index in [0.717, 1.165) is 5.56 Å². The first-order valence-electron chi connectivity index (χ1n) is 6.72. The first-order chi connectivity index (χ1) is 10.1. The third-order valence-corrected chi connectivity index (χ3v) is 4.53. The third-order valence-electron chi connectivity index (χ3n) is 2.89. The van der Waals surface area contributed by atoms with E-state index in [0.29, 0.717) is 31.0 Å². The number of nitrogens with zero attached hydrogens (tertiary/aromatic N) is 2. The zero-order valence-electron chi connectivity index (χ0n) is 11.6. The highest BCUT2D eigenvalue weighted by molar-refractivity contribution is 7.92. The fraction of sp³-hybridized carbons (Fsp3) is 0.357. The van der Waals surface area contributed by atoms with Gasteiger partial charge in [-0.1, -0.05) is 30.3 Å². The maximum Gasteiger partial charge on any atom is 0.232 e. The number of aromatic nitrogens is 2. The standard InChI is InChI=1S/C14H18ClN3O2S/c15-8-4-5-9-21(19,20)17-14-10-16-18(12-14)11-13-6-2-1-3-7-13/h1-3,6-7,10,12,17H,4-5,8-9,11H2. The molecule has 7 heteroatoms. The first-order valence-corrected chi connectivity index (χ1v) is 8.90. The molecule has 0 atom stereocenters. The number of nitrogens with one attached hydrogen (secondary N) is 1. The van der Waals surface area contributed by atoms with Crippen molar-refractivity contribution in [2.24, 2.45) is 0 Å². The van der Waals surface area contributed by atoms with Crippen LogP contribution in [0.1, 0.15) is 18.4 Å². The third kappa shape index (κ3) is 5.40. The number of hydrogen-bond acceptors (Lipinski definition) is 3. The van der Waals surface area contributed by atoms with Crippen LogP contribution in [0.2, 0.25) is 0 Å². The maximum absolute atomic E-state index is 11.9. The summed E-state index contributed by atoms with van der Waals surface area (Å²) in [5, 5.41) is 4.16. The predicted octanol–water partition coefficient (Wildman–Crippen LogP) is 2.69. The Morgan fingerprint density at radius 2 is 1.95 bits per heavy atom. The van der Waals surface area contributed by atoms with Gasteiger partial charge in [0.1, 0.15) is 0 Å². The Hall–Kier alpha value is -1.53. The molecule has 21 heavy (non-hydrogen) atoms. The number of unbranched alkanes of at least 4 members (excludes halogenated alkanes) is 1. The number of benzene rings is 1. The van der Waals surface area contributed by atoms with Crippen molar-refractivity contribution < 1.29 is 8.42 Å². The first kappa shape index (κ1) is 15.9. The van der Waals surface area contributed by atoms with Gasteiger partial charge in [0.2, 0.25) is 10.0 Å². The number of sulfonamides is 1. The topological polar surface area (TPSA) is 64.0 Å². The lowest BCUT2D eigenvalue weighted by Gasteiger charge is -2.05. The van der Waals surface area contributed by atoms with Crippen LogP contribution in [0.3, 0.4) is 0 Å². The molecular formula is C14H18ClN3O2S. The maximum atomic E-state index is 11.9. The SMILES string of the molecule is O=S(=O)(CCCCCl)Nc1cnn(Cc2ccccc2)c1. The number of alkyl halides is 1. The van der Waals surface area contributed by atoms with E-state index >= 15 is 0 Å². The molecule has 0 bridgehead atoms. The molecule has 1 aromatic heterocycles. The van der Waals surface area contributed by atoms with Crippen LogP contribution < -0.4 is 4.72 Å². The average molecular weight is 328 g/mol. The number of rotatable bonds is 8. The van der Waals surface area contributed by atoms with Crippen LogP contribution in [0.25, 0.3) is 0 Å². The summed E-state index contributed by atoms with van der Waals surface area (Å²) in [5.74, 6) is 0.550. The Morgan fingerprint density at radius 3 is 2.67 bits per heavy atom. The molecule has 0 saturated heterocycles. The Kier molecular flexibility index (Phi) is 5.64. The number of halogens is 1. The van der Waals surface area contributed by atoms with Gasteiger partial charge >= 0.3 is 0 Å². The molecule has 0 unspecified atom stereocenters. The van der Waals surface area contributed by atoms with E-state index in [4.69, 9.17) is 11.6 Å². The summed E-state index contributed by atoms with van der Waals surface area (Å²) in [7, 11) is -3.33. The zero-order valence-corrected chi connectivity index (χ0v) is 13.1. The van der Waals surface area contributed by atoms with E-state index in [-0.39, 0.29) is 5.75 Å². The van der Waals surface area contributed by atoms with Crippen molar-refractivity contribution in [2.75, 3.05) is 16.4 Å². The van der Waals surface area contributed by atoms with E-state index in [1.165, 1.54) is 6.20 Å². The molecule has 0 aliphatic heterocycles. The van der Waals surface area contributed by atoms with E-state index < -0.39 is 10.0 Å². The second-order valence-corrected chi connectivity index (χ2v) is 6.95. The molecule has 0 aliphatic carbocycles. The fourth-order valence-corrected chi connectivity index (χ4v) is 3.23. The normalized spacial score (nSPS) is 11.5. The molecule has 1 aromatic carbocycles. The minimum absolute atomic E-state index is 0.0730. The van der Waals surface area contributed by atoms with Crippen LogP contribution in [0, 0.1) is 0 Å². The van der Waals surface area contributed by atoms with Crippen LogP contribution in [0.15, 0.2) is 42.7 Å². The molecule has 114 valence electrons. The summed E-state index contributed by atoms with van der Waals surface area (Å²) in [4.78, 5) is 0. The Bertz CT molecular complexity index is 656. The van der Waals surface area contributed by atoms with E-state index in [1.807, 2.05) is 30.3 Å². The highest BCUT2D eigenvalue weighted by Gasteiger charge is 2.11. The summed E-state index contributed by atoms with van der Waals surface area (Å²) in [6.07, 6.45) is 4.45. The van der Waals surface area contributed by atoms with Crippen LogP contribution >= 0.6 is 11.6 Å². The van der Waals surface area contributed by atoms with Gasteiger partial charge < -0.3 is 0 Å². The highest BCUT2D eigenvalue weighted by atomic mass is 35.5. The molecule has 5 nitrogen and oxygen atoms in total. The van der Waals surface area contributed by atoms with Gasteiger partial charge in [0.05, 0.1) is 24.2 Å². The minimum Gasteiger partial charge on any atom is -0.280 e. The van der Waals surface area contributed by atoms with E-state index in [2.05, 4.69) is 9.82 Å². The quantitative estimate of drug-likeness (QED) is 0.599. The molecule has 0 fully saturated rings. The molecule has 0 spiro atoms. The predicted molar refractivity (Wildman–Crippen MR) is 85.1 cm³/mol. The van der Waals surface area contributed by atoms with Crippen molar-refractivity contribution in [3.8, 4) is 0 Å². The van der Waals surface area contributed by atoms with Crippen molar-refractivity contribution in [3.63, 3.8) is 0 Å². The average Bonchev–Trinajstić information content (AvgIpc) is 2.86. The summed E-state index contributed by atoms with van der Waals surface area (Å²) < 4.78 is 27.9. The van der Waals surface area contributed by atoms with Crippen molar-refractivity contribution >= 4 is 27.3 Å². The zero-order chi connectivity index (χ0) is 15.1. The lowest BCUT2D eigenvalue weighted by molar-refractivity contribution is 0.598. The van der Waals surface area contributed by atoms with Crippen LogP contribution in [0.5, 0.6) is 0 Å². The molecule has 0 aliphatic rings. The molecule has 0 amide bonds. The minimum atomic E-state index is -3.33. The summed E-state index contributed by atoms with van der Waals surface area (Å²) in [5.41, 5.74) is 1.59. The van der Waals surface area contributed by atoms with Crippen molar-refractivity contribution in [1.82, 2.24) is 9.78 Å². The molecule has 0 saturated carbocycles. The Morgan fingerprint density at radius 1 is 1.19 bits per heavy atom. The van der Waals surface area contributed by atoms with Gasteiger partial charge in [-0.25, -0.2) is 8.42 Å². The summed E-state index contributed by atoms with van der Waals surface area (Å²) in [6, 6.07) is 9.86. The molecule has 1 N–H and O–H groups in total. The molecular weight excluding hydrogens is 310 g/mol. The van der Waals surface area contributed by atoms with Crippen LogP contribution in [0.4, 0.5) is 5.69 Å². The van der Waals surface area contributed by atoms with Crippen molar-refractivity contribution in [1.29, 1.82) is 0 Å². The second-order valence-electron chi connectivity index (χ2n) is 4.73. The Balaban J connectivity index is 1.94. The van der Waals surface area contributed by atoms with Gasteiger partial charge in [0.25, 0.3) is 0 Å². The number of hydrogen-bond donors (Lipinski definition) is 1. The fourth-order valence-electron chi connectivity index (χ4n) is 1.89. The lowest BCUT2D eigenvalue weighted by Crippen LogP contribution is -2.16.